The van der Waals surface area contributed by atoms with Gasteiger partial charge >= 0.3 is 13.4 Å². The van der Waals surface area contributed by atoms with Gasteiger partial charge in [-0.15, -0.1) is 0 Å². The van der Waals surface area contributed by atoms with Crippen molar-refractivity contribution in [3.63, 3.8) is 0 Å². The zero-order valence-electron chi connectivity index (χ0n) is 22.4. The van der Waals surface area contributed by atoms with Crippen LogP contribution in [0.25, 0.3) is 0 Å². The number of carbonyl (C=O) groups is 1. The second kappa shape index (κ2) is 13.0. The van der Waals surface area contributed by atoms with E-state index in [0.29, 0.717) is 6.42 Å². The molecule has 2 unspecified atom stereocenters. The summed E-state index contributed by atoms with van der Waals surface area (Å²) in [6, 6.07) is 10.2. The first-order chi connectivity index (χ1) is 18.3. The molecule has 1 saturated heterocycles. The summed E-state index contributed by atoms with van der Waals surface area (Å²) in [6.45, 7) is 6.56. The average molecular weight is 586 g/mol. The van der Waals surface area contributed by atoms with Gasteiger partial charge in [0.05, 0.1) is 13.2 Å². The molecule has 4 N–H and O–H groups in total. The Morgan fingerprint density at radius 3 is 2.59 bits per heavy atom. The van der Waals surface area contributed by atoms with Crippen molar-refractivity contribution in [3.8, 4) is 0 Å². The number of nitrogens with zero attached hydrogens (tertiary/aromatic N) is 1. The van der Waals surface area contributed by atoms with Gasteiger partial charge in [-0.25, -0.2) is 14.4 Å². The Balaban J connectivity index is 1.69. The Labute approximate surface area is 230 Å². The fourth-order valence-electron chi connectivity index (χ4n) is 3.62. The number of aromatic nitrogens is 2. The Morgan fingerprint density at radius 1 is 1.26 bits per heavy atom. The van der Waals surface area contributed by atoms with Crippen molar-refractivity contribution in [2.75, 3.05) is 19.0 Å². The highest BCUT2D eigenvalue weighted by molar-refractivity contribution is 8.13. The molecular weight excluding hydrogens is 549 g/mol. The van der Waals surface area contributed by atoms with Gasteiger partial charge in [0.2, 0.25) is 0 Å². The van der Waals surface area contributed by atoms with E-state index in [1.54, 1.807) is 0 Å². The lowest BCUT2D eigenvalue weighted by atomic mass is 9.92. The van der Waals surface area contributed by atoms with Crippen LogP contribution >= 0.6 is 19.5 Å². The van der Waals surface area contributed by atoms with E-state index in [2.05, 4.69) is 10.1 Å². The summed E-state index contributed by atoms with van der Waals surface area (Å²) in [5.41, 5.74) is -3.04. The SMILES string of the molecule is CCC(C)(C)C(=O)SCCOP(=O)(NCc1ccccc1)OC[C@H]1O[C@@H](n2ccc(=O)[nH]c2=O)[C@@H](O)C1(C)O. The van der Waals surface area contributed by atoms with Crippen LogP contribution in [0.15, 0.2) is 52.2 Å². The molecule has 0 saturated carbocycles. The molecule has 1 fully saturated rings. The third-order valence-electron chi connectivity index (χ3n) is 6.68. The van der Waals surface area contributed by atoms with Gasteiger partial charge in [-0.3, -0.25) is 28.2 Å². The standard InChI is InChI=1S/C25H36N3O9PS/c1-5-24(2,3)22(31)39-14-13-35-38(34,26-15-17-9-7-6-8-10-17)36-16-18-25(4,33)20(30)21(37-18)28-12-11-19(29)27-23(28)32/h6-12,18,20-21,30,33H,5,13-16H2,1-4H3,(H,26,34)(H,27,29,32)/t18-,20-,21-,25?,38?/m1/s1. The predicted molar refractivity (Wildman–Crippen MR) is 146 cm³/mol. The van der Waals surface area contributed by atoms with Crippen LogP contribution in [-0.4, -0.2) is 61.7 Å². The second-order valence-electron chi connectivity index (χ2n) is 10.0. The van der Waals surface area contributed by atoms with Crippen LogP contribution in [0.3, 0.4) is 0 Å². The van der Waals surface area contributed by atoms with E-state index in [1.807, 2.05) is 51.1 Å². The van der Waals surface area contributed by atoms with E-state index in [-0.39, 0.29) is 24.0 Å². The highest BCUT2D eigenvalue weighted by Crippen LogP contribution is 2.46. The minimum absolute atomic E-state index is 0.00507. The van der Waals surface area contributed by atoms with Crippen LogP contribution in [-0.2, 0) is 29.7 Å². The maximum atomic E-state index is 13.6. The molecule has 12 nitrogen and oxygen atoms in total. The van der Waals surface area contributed by atoms with Gasteiger partial charge in [0, 0.05) is 30.0 Å². The first-order valence-electron chi connectivity index (χ1n) is 12.5. The van der Waals surface area contributed by atoms with Crippen LogP contribution < -0.4 is 16.3 Å². The number of hydrogen-bond donors (Lipinski definition) is 4. The lowest BCUT2D eigenvalue weighted by Gasteiger charge is -2.28. The third-order valence-corrected chi connectivity index (χ3v) is 9.42. The Hall–Kier alpha value is -2.09. The molecule has 1 aliphatic heterocycles. The van der Waals surface area contributed by atoms with Crippen LogP contribution in [0.2, 0.25) is 0 Å². The molecule has 2 heterocycles. The van der Waals surface area contributed by atoms with Crippen molar-refractivity contribution < 1.29 is 33.4 Å². The number of thioether (sulfide) groups is 1. The molecule has 1 aromatic carbocycles. The highest BCUT2D eigenvalue weighted by Gasteiger charge is 2.53. The normalized spacial score (nSPS) is 24.9. The number of hydrogen-bond acceptors (Lipinski definition) is 10. The Morgan fingerprint density at radius 2 is 1.95 bits per heavy atom. The zero-order chi connectivity index (χ0) is 28.8. The minimum atomic E-state index is -3.99. The van der Waals surface area contributed by atoms with Gasteiger partial charge in [-0.05, 0) is 18.9 Å². The molecule has 216 valence electrons. The van der Waals surface area contributed by atoms with E-state index in [1.165, 1.54) is 6.92 Å². The number of aliphatic hydroxyl groups excluding tert-OH is 1. The predicted octanol–water partition coefficient (Wildman–Crippen LogP) is 2.17. The second-order valence-corrected chi connectivity index (χ2v) is 12.9. The number of aromatic amines is 1. The van der Waals surface area contributed by atoms with E-state index in [4.69, 9.17) is 13.8 Å². The van der Waals surface area contributed by atoms with E-state index < -0.39 is 55.1 Å². The number of nitrogens with one attached hydrogen (secondary N) is 2. The van der Waals surface area contributed by atoms with Gasteiger partial charge < -0.3 is 14.9 Å². The summed E-state index contributed by atoms with van der Waals surface area (Å²) in [7, 11) is -3.99. The van der Waals surface area contributed by atoms with Crippen LogP contribution in [0.4, 0.5) is 0 Å². The molecule has 0 amide bonds. The molecule has 0 bridgehead atoms. The van der Waals surface area contributed by atoms with Crippen LogP contribution in [0.5, 0.6) is 0 Å². The Kier molecular flexibility index (Phi) is 10.5. The van der Waals surface area contributed by atoms with Crippen molar-refractivity contribution in [1.29, 1.82) is 0 Å². The number of carbonyl (C=O) groups excluding carboxylic acids is 1. The number of ether oxygens (including phenoxy) is 1. The molecule has 39 heavy (non-hydrogen) atoms. The van der Waals surface area contributed by atoms with Crippen LogP contribution in [0.1, 0.15) is 45.9 Å². The molecular formula is C25H36N3O9PS. The molecule has 0 radical (unpaired) electrons. The van der Waals surface area contributed by atoms with E-state index in [9.17, 15) is 29.2 Å². The molecule has 14 heteroatoms. The molecule has 0 aliphatic carbocycles. The lowest BCUT2D eigenvalue weighted by Crippen LogP contribution is -2.47. The summed E-state index contributed by atoms with van der Waals surface area (Å²) < 4.78 is 31.5. The van der Waals surface area contributed by atoms with E-state index in [0.717, 1.165) is 34.2 Å². The minimum Gasteiger partial charge on any atom is -0.385 e. The first-order valence-corrected chi connectivity index (χ1v) is 15.0. The quantitative estimate of drug-likeness (QED) is 0.201. The maximum absolute atomic E-state index is 13.6. The fraction of sp³-hybridized carbons (Fsp3) is 0.560. The zero-order valence-corrected chi connectivity index (χ0v) is 24.1. The third kappa shape index (κ3) is 7.99. The van der Waals surface area contributed by atoms with Crippen molar-refractivity contribution in [1.82, 2.24) is 14.6 Å². The fourth-order valence-corrected chi connectivity index (χ4v) is 5.93. The molecule has 1 aromatic heterocycles. The maximum Gasteiger partial charge on any atom is 0.405 e. The summed E-state index contributed by atoms with van der Waals surface area (Å²) in [4.78, 5) is 38.1. The van der Waals surface area contributed by atoms with Crippen LogP contribution in [0, 0.1) is 5.41 Å². The number of H-pyrrole nitrogens is 1. The largest absolute Gasteiger partial charge is 0.405 e. The summed E-state index contributed by atoms with van der Waals surface area (Å²) in [5.74, 6) is 0.246. The molecule has 2 aromatic rings. The van der Waals surface area contributed by atoms with Gasteiger partial charge in [0.1, 0.15) is 17.8 Å². The first kappa shape index (κ1) is 31.4. The monoisotopic (exact) mass is 585 g/mol. The highest BCUT2D eigenvalue weighted by atomic mass is 32.2. The molecule has 1 aliphatic rings. The summed E-state index contributed by atoms with van der Waals surface area (Å²) in [6.07, 6.45) is -2.30. The van der Waals surface area contributed by atoms with Crippen molar-refractivity contribution in [2.24, 2.45) is 5.41 Å². The number of aliphatic hydroxyl groups is 2. The molecule has 3 rings (SSSR count). The number of rotatable bonds is 13. The summed E-state index contributed by atoms with van der Waals surface area (Å²) in [5, 5.41) is 24.4. The van der Waals surface area contributed by atoms with Gasteiger partial charge in [0.15, 0.2) is 11.3 Å². The number of benzene rings is 1. The van der Waals surface area contributed by atoms with E-state index >= 15 is 0 Å². The van der Waals surface area contributed by atoms with Gasteiger partial charge in [-0.1, -0.05) is 62.9 Å². The molecule has 0 spiro atoms. The summed E-state index contributed by atoms with van der Waals surface area (Å²) >= 11 is 1.08. The lowest BCUT2D eigenvalue weighted by molar-refractivity contribution is -0.118. The van der Waals surface area contributed by atoms with Gasteiger partial charge in [0.25, 0.3) is 5.56 Å². The van der Waals surface area contributed by atoms with Crippen molar-refractivity contribution >= 4 is 24.6 Å². The smallest absolute Gasteiger partial charge is 0.385 e. The topological polar surface area (TPSA) is 169 Å². The average Bonchev–Trinajstić information content (AvgIpc) is 3.12. The Bertz CT molecular complexity index is 1280. The van der Waals surface area contributed by atoms with Gasteiger partial charge in [-0.2, -0.15) is 0 Å². The van der Waals surface area contributed by atoms with Crippen molar-refractivity contribution in [3.05, 3.63) is 69.0 Å². The van der Waals surface area contributed by atoms with Crippen molar-refractivity contribution in [2.45, 2.75) is 64.7 Å². The molecule has 5 atom stereocenters.